The molecule has 1 aromatic carbocycles. The van der Waals surface area contributed by atoms with E-state index >= 15 is 0 Å². The maximum atomic E-state index is 12.5. The summed E-state index contributed by atoms with van der Waals surface area (Å²) in [5.41, 5.74) is 1.72. The van der Waals surface area contributed by atoms with E-state index in [1.54, 1.807) is 6.20 Å². The quantitative estimate of drug-likeness (QED) is 0.733. The number of aromatic nitrogens is 3. The van der Waals surface area contributed by atoms with E-state index in [9.17, 15) is 4.79 Å². The summed E-state index contributed by atoms with van der Waals surface area (Å²) in [6, 6.07) is 15.4. The summed E-state index contributed by atoms with van der Waals surface area (Å²) in [6.45, 7) is 1.34. The SMILES string of the molecule is O=C(Cc1ccccc1)N1CCC(c2nc(-c3ccccn3)no2)C1. The summed E-state index contributed by atoms with van der Waals surface area (Å²) < 4.78 is 5.41. The summed E-state index contributed by atoms with van der Waals surface area (Å²) in [5, 5.41) is 4.02. The van der Waals surface area contributed by atoms with Crippen molar-refractivity contribution in [2.24, 2.45) is 0 Å². The van der Waals surface area contributed by atoms with Gasteiger partial charge in [0, 0.05) is 19.3 Å². The lowest BCUT2D eigenvalue weighted by molar-refractivity contribution is -0.129. The van der Waals surface area contributed by atoms with E-state index in [4.69, 9.17) is 4.52 Å². The fourth-order valence-electron chi connectivity index (χ4n) is 3.07. The van der Waals surface area contributed by atoms with Crippen LogP contribution in [0.3, 0.4) is 0 Å². The molecule has 1 aliphatic heterocycles. The molecule has 1 unspecified atom stereocenters. The fourth-order valence-corrected chi connectivity index (χ4v) is 3.07. The minimum atomic E-state index is 0.0877. The third-order valence-electron chi connectivity index (χ3n) is 4.42. The van der Waals surface area contributed by atoms with Gasteiger partial charge < -0.3 is 9.42 Å². The molecule has 6 heteroatoms. The first-order valence-electron chi connectivity index (χ1n) is 8.36. The Balaban J connectivity index is 1.41. The van der Waals surface area contributed by atoms with Crippen LogP contribution >= 0.6 is 0 Å². The van der Waals surface area contributed by atoms with Gasteiger partial charge >= 0.3 is 0 Å². The van der Waals surface area contributed by atoms with Crippen LogP contribution < -0.4 is 0 Å². The molecule has 3 heterocycles. The van der Waals surface area contributed by atoms with Crippen LogP contribution in [0.25, 0.3) is 11.5 Å². The highest BCUT2D eigenvalue weighted by atomic mass is 16.5. The molecule has 0 N–H and O–H groups in total. The van der Waals surface area contributed by atoms with E-state index in [1.807, 2.05) is 53.4 Å². The zero-order valence-electron chi connectivity index (χ0n) is 13.7. The number of benzene rings is 1. The van der Waals surface area contributed by atoms with E-state index in [0.29, 0.717) is 30.4 Å². The molecular formula is C19H18N4O2. The molecule has 1 saturated heterocycles. The lowest BCUT2D eigenvalue weighted by Crippen LogP contribution is -2.29. The van der Waals surface area contributed by atoms with Crippen LogP contribution in [0.1, 0.15) is 23.8 Å². The molecule has 1 atom stereocenters. The number of carbonyl (C=O) groups excluding carboxylic acids is 1. The first-order valence-corrected chi connectivity index (χ1v) is 8.36. The number of likely N-dealkylation sites (tertiary alicyclic amines) is 1. The summed E-state index contributed by atoms with van der Waals surface area (Å²) in [6.07, 6.45) is 2.96. The maximum Gasteiger partial charge on any atom is 0.231 e. The molecule has 1 amide bonds. The Labute approximate surface area is 145 Å². The summed E-state index contributed by atoms with van der Waals surface area (Å²) in [4.78, 5) is 23.0. The molecule has 6 nitrogen and oxygen atoms in total. The smallest absolute Gasteiger partial charge is 0.231 e. The van der Waals surface area contributed by atoms with Crippen molar-refractivity contribution in [2.75, 3.05) is 13.1 Å². The van der Waals surface area contributed by atoms with E-state index in [2.05, 4.69) is 15.1 Å². The van der Waals surface area contributed by atoms with Gasteiger partial charge in [0.05, 0.1) is 12.3 Å². The molecule has 25 heavy (non-hydrogen) atoms. The molecule has 126 valence electrons. The van der Waals surface area contributed by atoms with Crippen molar-refractivity contribution in [3.63, 3.8) is 0 Å². The number of amides is 1. The predicted molar refractivity (Wildman–Crippen MR) is 91.6 cm³/mol. The topological polar surface area (TPSA) is 72.1 Å². The molecule has 1 aliphatic rings. The standard InChI is InChI=1S/C19H18N4O2/c24-17(12-14-6-2-1-3-7-14)23-11-9-15(13-23)19-21-18(22-25-19)16-8-4-5-10-20-16/h1-8,10,15H,9,11-13H2. The predicted octanol–water partition coefficient (Wildman–Crippen LogP) is 2.69. The van der Waals surface area contributed by atoms with Gasteiger partial charge in [0.15, 0.2) is 0 Å². The van der Waals surface area contributed by atoms with Crippen molar-refractivity contribution in [1.82, 2.24) is 20.0 Å². The van der Waals surface area contributed by atoms with Gasteiger partial charge in [0.25, 0.3) is 0 Å². The molecular weight excluding hydrogens is 316 g/mol. The van der Waals surface area contributed by atoms with Crippen LogP contribution in [0, 0.1) is 0 Å². The van der Waals surface area contributed by atoms with Crippen molar-refractivity contribution in [1.29, 1.82) is 0 Å². The van der Waals surface area contributed by atoms with Crippen LogP contribution in [0.5, 0.6) is 0 Å². The van der Waals surface area contributed by atoms with Gasteiger partial charge in [-0.3, -0.25) is 9.78 Å². The van der Waals surface area contributed by atoms with Crippen molar-refractivity contribution in [2.45, 2.75) is 18.8 Å². The van der Waals surface area contributed by atoms with Crippen LogP contribution in [-0.4, -0.2) is 39.0 Å². The molecule has 1 fully saturated rings. The molecule has 0 saturated carbocycles. The molecule has 0 spiro atoms. The van der Waals surface area contributed by atoms with E-state index in [0.717, 1.165) is 18.5 Å². The normalized spacial score (nSPS) is 17.0. The van der Waals surface area contributed by atoms with Crippen molar-refractivity contribution in [3.05, 3.63) is 66.2 Å². The molecule has 4 rings (SSSR count). The summed E-state index contributed by atoms with van der Waals surface area (Å²) >= 11 is 0. The Bertz CT molecular complexity index is 848. The Morgan fingerprint density at radius 1 is 1.16 bits per heavy atom. The highest BCUT2D eigenvalue weighted by molar-refractivity contribution is 5.79. The molecule has 0 radical (unpaired) electrons. The van der Waals surface area contributed by atoms with Gasteiger partial charge in [-0.2, -0.15) is 4.98 Å². The molecule has 2 aromatic heterocycles. The Morgan fingerprint density at radius 2 is 2.00 bits per heavy atom. The number of hydrogen-bond donors (Lipinski definition) is 0. The van der Waals surface area contributed by atoms with Gasteiger partial charge in [0.1, 0.15) is 5.69 Å². The number of pyridine rings is 1. The average molecular weight is 334 g/mol. The van der Waals surface area contributed by atoms with Crippen LogP contribution in [0.4, 0.5) is 0 Å². The third kappa shape index (κ3) is 3.42. The van der Waals surface area contributed by atoms with Gasteiger partial charge in [-0.15, -0.1) is 0 Å². The van der Waals surface area contributed by atoms with Crippen LogP contribution in [0.2, 0.25) is 0 Å². The van der Waals surface area contributed by atoms with Crippen LogP contribution in [0.15, 0.2) is 59.3 Å². The second-order valence-electron chi connectivity index (χ2n) is 6.16. The second-order valence-corrected chi connectivity index (χ2v) is 6.16. The number of hydrogen-bond acceptors (Lipinski definition) is 5. The van der Waals surface area contributed by atoms with Gasteiger partial charge in [-0.25, -0.2) is 0 Å². The maximum absolute atomic E-state index is 12.5. The summed E-state index contributed by atoms with van der Waals surface area (Å²) in [7, 11) is 0. The number of rotatable bonds is 4. The Hall–Kier alpha value is -3.02. The van der Waals surface area contributed by atoms with E-state index < -0.39 is 0 Å². The lowest BCUT2D eigenvalue weighted by atomic mass is 10.1. The molecule has 0 bridgehead atoms. The highest BCUT2D eigenvalue weighted by Gasteiger charge is 2.31. The highest BCUT2D eigenvalue weighted by Crippen LogP contribution is 2.27. The largest absolute Gasteiger partial charge is 0.342 e. The van der Waals surface area contributed by atoms with Crippen molar-refractivity contribution >= 4 is 5.91 Å². The van der Waals surface area contributed by atoms with Crippen molar-refractivity contribution < 1.29 is 9.32 Å². The van der Waals surface area contributed by atoms with Crippen LogP contribution in [-0.2, 0) is 11.2 Å². The van der Waals surface area contributed by atoms with Crippen molar-refractivity contribution in [3.8, 4) is 11.5 Å². The van der Waals surface area contributed by atoms with E-state index in [1.165, 1.54) is 0 Å². The summed E-state index contributed by atoms with van der Waals surface area (Å²) in [5.74, 6) is 1.29. The first kappa shape index (κ1) is 15.5. The number of nitrogens with zero attached hydrogens (tertiary/aromatic N) is 4. The monoisotopic (exact) mass is 334 g/mol. The lowest BCUT2D eigenvalue weighted by Gasteiger charge is -2.15. The minimum Gasteiger partial charge on any atom is -0.342 e. The Kier molecular flexibility index (Phi) is 4.24. The molecule has 3 aromatic rings. The minimum absolute atomic E-state index is 0.0877. The van der Waals surface area contributed by atoms with E-state index in [-0.39, 0.29) is 11.8 Å². The average Bonchev–Trinajstić information content (AvgIpc) is 3.33. The zero-order valence-corrected chi connectivity index (χ0v) is 13.7. The van der Waals surface area contributed by atoms with Gasteiger partial charge in [-0.05, 0) is 24.1 Å². The zero-order chi connectivity index (χ0) is 17.1. The second kappa shape index (κ2) is 6.84. The Morgan fingerprint density at radius 3 is 2.80 bits per heavy atom. The van der Waals surface area contributed by atoms with Gasteiger partial charge in [0.2, 0.25) is 17.6 Å². The number of carbonyl (C=O) groups is 1. The molecule has 0 aliphatic carbocycles. The third-order valence-corrected chi connectivity index (χ3v) is 4.42. The first-order chi connectivity index (χ1) is 12.3. The van der Waals surface area contributed by atoms with Gasteiger partial charge in [-0.1, -0.05) is 41.6 Å². The fraction of sp³-hybridized carbons (Fsp3) is 0.263.